The Morgan fingerprint density at radius 3 is 1.93 bits per heavy atom. The molecule has 0 aromatic heterocycles. The van der Waals surface area contributed by atoms with Crippen LogP contribution in [0.4, 0.5) is 0 Å². The molecule has 0 radical (unpaired) electrons. The second-order valence-corrected chi connectivity index (χ2v) is 3.30. The van der Waals surface area contributed by atoms with Crippen LogP contribution in [0.5, 0.6) is 0 Å². The quantitative estimate of drug-likeness (QED) is 0.294. The molecule has 0 heterocycles. The van der Waals surface area contributed by atoms with E-state index in [1.165, 1.54) is 6.92 Å². The molecular formula is C6H14O7S. The van der Waals surface area contributed by atoms with Gasteiger partial charge < -0.3 is 9.47 Å². The zero-order valence-electron chi connectivity index (χ0n) is 8.22. The van der Waals surface area contributed by atoms with Crippen molar-refractivity contribution in [1.82, 2.24) is 0 Å². The van der Waals surface area contributed by atoms with E-state index in [2.05, 4.69) is 9.22 Å². The third-order valence-corrected chi connectivity index (χ3v) is 1.32. The molecule has 0 aliphatic heterocycles. The highest BCUT2D eigenvalue weighted by Crippen LogP contribution is 2.15. The first-order chi connectivity index (χ1) is 6.33. The summed E-state index contributed by atoms with van der Waals surface area (Å²) < 4.78 is 42.1. The first-order valence-corrected chi connectivity index (χ1v) is 5.32. The maximum Gasteiger partial charge on any atom is 0.424 e. The Labute approximate surface area is 82.8 Å². The number of hydrogen-bond acceptors (Lipinski definition) is 6. The van der Waals surface area contributed by atoms with Crippen molar-refractivity contribution in [3.8, 4) is 0 Å². The fourth-order valence-electron chi connectivity index (χ4n) is 0.719. The SMILES string of the molecule is CCOC(C)(OCC)OOS(=O)(=O)O. The van der Waals surface area contributed by atoms with Crippen molar-refractivity contribution in [3.63, 3.8) is 0 Å². The highest BCUT2D eigenvalue weighted by Gasteiger charge is 2.30. The predicted octanol–water partition coefficient (Wildman–Crippen LogP) is 0.484. The topological polar surface area (TPSA) is 91.3 Å². The Morgan fingerprint density at radius 1 is 1.21 bits per heavy atom. The fraction of sp³-hybridized carbons (Fsp3) is 1.00. The molecular weight excluding hydrogens is 216 g/mol. The van der Waals surface area contributed by atoms with Gasteiger partial charge in [0, 0.05) is 20.1 Å². The molecule has 0 atom stereocenters. The Kier molecular flexibility index (Phi) is 5.49. The smallest absolute Gasteiger partial charge is 0.326 e. The second kappa shape index (κ2) is 5.59. The van der Waals surface area contributed by atoms with Gasteiger partial charge in [-0.1, -0.05) is 4.33 Å². The summed E-state index contributed by atoms with van der Waals surface area (Å²) >= 11 is 0. The first kappa shape index (κ1) is 13.8. The molecule has 0 fully saturated rings. The standard InChI is InChI=1S/C6H14O7S/c1-4-10-6(3,11-5-2)12-13-14(7,8)9/h4-5H2,1-3H3,(H,7,8,9). The molecule has 7 nitrogen and oxygen atoms in total. The predicted molar refractivity (Wildman–Crippen MR) is 45.4 cm³/mol. The summed E-state index contributed by atoms with van der Waals surface area (Å²) in [6.07, 6.45) is 0. The summed E-state index contributed by atoms with van der Waals surface area (Å²) in [4.78, 5) is 4.29. The molecule has 0 aliphatic rings. The lowest BCUT2D eigenvalue weighted by molar-refractivity contribution is -0.465. The lowest BCUT2D eigenvalue weighted by Gasteiger charge is -2.25. The number of rotatable bonds is 7. The minimum Gasteiger partial charge on any atom is -0.326 e. The van der Waals surface area contributed by atoms with Crippen LogP contribution in [0.2, 0.25) is 0 Å². The van der Waals surface area contributed by atoms with Crippen molar-refractivity contribution < 1.29 is 31.7 Å². The van der Waals surface area contributed by atoms with E-state index in [4.69, 9.17) is 14.0 Å². The van der Waals surface area contributed by atoms with Crippen LogP contribution in [0.15, 0.2) is 0 Å². The van der Waals surface area contributed by atoms with Gasteiger partial charge in [-0.05, 0) is 13.8 Å². The monoisotopic (exact) mass is 230 g/mol. The van der Waals surface area contributed by atoms with Gasteiger partial charge in [0.2, 0.25) is 0 Å². The minimum absolute atomic E-state index is 0.228. The highest BCUT2D eigenvalue weighted by molar-refractivity contribution is 7.80. The van der Waals surface area contributed by atoms with Crippen molar-refractivity contribution in [1.29, 1.82) is 0 Å². The van der Waals surface area contributed by atoms with Crippen molar-refractivity contribution >= 4 is 10.4 Å². The summed E-state index contributed by atoms with van der Waals surface area (Å²) in [5, 5.41) is 0. The number of hydrogen-bond donors (Lipinski definition) is 1. The van der Waals surface area contributed by atoms with Crippen LogP contribution >= 0.6 is 0 Å². The second-order valence-electron chi connectivity index (χ2n) is 2.31. The van der Waals surface area contributed by atoms with Crippen molar-refractivity contribution in [2.24, 2.45) is 0 Å². The Balaban J connectivity index is 4.22. The molecule has 0 aromatic rings. The summed E-state index contributed by atoms with van der Waals surface area (Å²) in [6, 6.07) is 0. The third-order valence-electron chi connectivity index (χ3n) is 1.08. The lowest BCUT2D eigenvalue weighted by atomic mass is 10.6. The van der Waals surface area contributed by atoms with Gasteiger partial charge in [-0.3, -0.25) is 4.55 Å². The molecule has 1 N–H and O–H groups in total. The van der Waals surface area contributed by atoms with E-state index in [9.17, 15) is 8.42 Å². The summed E-state index contributed by atoms with van der Waals surface area (Å²) in [5.41, 5.74) is 0. The third kappa shape index (κ3) is 6.24. The Morgan fingerprint density at radius 2 is 1.64 bits per heavy atom. The van der Waals surface area contributed by atoms with Crippen LogP contribution < -0.4 is 0 Å². The largest absolute Gasteiger partial charge is 0.424 e. The molecule has 0 saturated heterocycles. The van der Waals surface area contributed by atoms with E-state index in [1.807, 2.05) is 0 Å². The van der Waals surface area contributed by atoms with E-state index in [-0.39, 0.29) is 13.2 Å². The molecule has 0 rings (SSSR count). The van der Waals surface area contributed by atoms with E-state index in [1.54, 1.807) is 13.8 Å². The van der Waals surface area contributed by atoms with Crippen molar-refractivity contribution in [2.45, 2.75) is 26.7 Å². The van der Waals surface area contributed by atoms with Crippen LogP contribution in [0.3, 0.4) is 0 Å². The van der Waals surface area contributed by atoms with Gasteiger partial charge in [0.1, 0.15) is 0 Å². The Bertz CT molecular complexity index is 241. The molecule has 14 heavy (non-hydrogen) atoms. The van der Waals surface area contributed by atoms with Crippen LogP contribution in [-0.2, 0) is 29.1 Å². The van der Waals surface area contributed by atoms with Gasteiger partial charge in [0.15, 0.2) is 0 Å². The van der Waals surface area contributed by atoms with Gasteiger partial charge >= 0.3 is 16.4 Å². The van der Waals surface area contributed by atoms with Gasteiger partial charge in [0.25, 0.3) is 0 Å². The normalized spacial score (nSPS) is 13.1. The molecule has 0 unspecified atom stereocenters. The number of ether oxygens (including phenoxy) is 2. The molecule has 8 heteroatoms. The molecule has 0 saturated carbocycles. The molecule has 0 aromatic carbocycles. The average Bonchev–Trinajstić information content (AvgIpc) is 2.01. The zero-order chi connectivity index (χ0) is 11.2. The van der Waals surface area contributed by atoms with Crippen molar-refractivity contribution in [2.75, 3.05) is 13.2 Å². The molecule has 86 valence electrons. The highest BCUT2D eigenvalue weighted by atomic mass is 32.3. The van der Waals surface area contributed by atoms with E-state index in [0.29, 0.717) is 0 Å². The zero-order valence-corrected chi connectivity index (χ0v) is 9.04. The van der Waals surface area contributed by atoms with Gasteiger partial charge in [-0.2, -0.15) is 13.3 Å². The van der Waals surface area contributed by atoms with Crippen molar-refractivity contribution in [3.05, 3.63) is 0 Å². The van der Waals surface area contributed by atoms with Crippen LogP contribution in [0, 0.1) is 0 Å². The van der Waals surface area contributed by atoms with Crippen LogP contribution in [0.25, 0.3) is 0 Å². The van der Waals surface area contributed by atoms with Gasteiger partial charge in [0.05, 0.1) is 0 Å². The summed E-state index contributed by atoms with van der Waals surface area (Å²) in [6.45, 7) is 5.09. The maximum absolute atomic E-state index is 10.2. The Hall–Kier alpha value is -0.250. The van der Waals surface area contributed by atoms with E-state index >= 15 is 0 Å². The van der Waals surface area contributed by atoms with Gasteiger partial charge in [-0.25, -0.2) is 0 Å². The van der Waals surface area contributed by atoms with Gasteiger partial charge in [-0.15, -0.1) is 0 Å². The molecule has 0 aliphatic carbocycles. The summed E-state index contributed by atoms with van der Waals surface area (Å²) in [5.74, 6) is -1.65. The first-order valence-electron chi connectivity index (χ1n) is 3.95. The molecule has 0 bridgehead atoms. The summed E-state index contributed by atoms with van der Waals surface area (Å²) in [7, 11) is -4.68. The van der Waals surface area contributed by atoms with E-state index < -0.39 is 16.4 Å². The molecule has 0 amide bonds. The molecule has 0 spiro atoms. The minimum atomic E-state index is -4.68. The van der Waals surface area contributed by atoms with Crippen LogP contribution in [0.1, 0.15) is 20.8 Å². The van der Waals surface area contributed by atoms with E-state index in [0.717, 1.165) is 0 Å². The maximum atomic E-state index is 10.2. The lowest BCUT2D eigenvalue weighted by Crippen LogP contribution is -2.36. The fourth-order valence-corrected chi connectivity index (χ4v) is 0.929. The van der Waals surface area contributed by atoms with Crippen LogP contribution in [-0.4, -0.2) is 32.2 Å². The average molecular weight is 230 g/mol.